The van der Waals surface area contributed by atoms with Crippen molar-refractivity contribution in [1.82, 2.24) is 4.90 Å². The fourth-order valence-electron chi connectivity index (χ4n) is 1.42. The first-order chi connectivity index (χ1) is 5.54. The lowest BCUT2D eigenvalue weighted by Gasteiger charge is -2.40. The molecule has 2 nitrogen and oxygen atoms in total. The van der Waals surface area contributed by atoms with Crippen LogP contribution in [0.3, 0.4) is 0 Å². The second-order valence-electron chi connectivity index (χ2n) is 4.26. The zero-order valence-corrected chi connectivity index (χ0v) is 8.14. The molecule has 1 atom stereocenters. The largest absolute Gasteiger partial charge is 0.373 e. The lowest BCUT2D eigenvalue weighted by Crippen LogP contribution is -2.51. The monoisotopic (exact) mass is 175 g/mol. The number of nitrogens with zero attached hydrogens (tertiary/aromatic N) is 1. The molecule has 0 aromatic carbocycles. The fraction of sp³-hybridized carbons (Fsp3) is 1.00. The molecule has 72 valence electrons. The molecule has 1 aliphatic heterocycles. The van der Waals surface area contributed by atoms with E-state index >= 15 is 0 Å². The summed E-state index contributed by atoms with van der Waals surface area (Å²) in [5.41, 5.74) is 0.136. The number of hydrogen-bond donors (Lipinski definition) is 0. The normalized spacial score (nSPS) is 27.5. The first-order valence-corrected chi connectivity index (χ1v) is 4.46. The summed E-state index contributed by atoms with van der Waals surface area (Å²) in [6.07, 6.45) is -0.210. The van der Waals surface area contributed by atoms with Gasteiger partial charge in [-0.3, -0.25) is 4.90 Å². The number of rotatable bonds is 1. The van der Waals surface area contributed by atoms with E-state index < -0.39 is 0 Å². The summed E-state index contributed by atoms with van der Waals surface area (Å²) >= 11 is 0. The number of morpholine rings is 1. The first-order valence-electron chi connectivity index (χ1n) is 4.46. The first kappa shape index (κ1) is 9.93. The molecule has 0 aromatic heterocycles. The van der Waals surface area contributed by atoms with Gasteiger partial charge in [0.15, 0.2) is 0 Å². The van der Waals surface area contributed by atoms with Gasteiger partial charge in [0.1, 0.15) is 6.67 Å². The van der Waals surface area contributed by atoms with Gasteiger partial charge in [-0.05, 0) is 20.8 Å². The van der Waals surface area contributed by atoms with E-state index in [9.17, 15) is 4.39 Å². The van der Waals surface area contributed by atoms with E-state index in [0.717, 1.165) is 13.1 Å². The van der Waals surface area contributed by atoms with Crippen molar-refractivity contribution >= 4 is 0 Å². The summed E-state index contributed by atoms with van der Waals surface area (Å²) in [6.45, 7) is 8.37. The smallest absolute Gasteiger partial charge is 0.117 e. The van der Waals surface area contributed by atoms with Crippen LogP contribution in [0.5, 0.6) is 0 Å². The lowest BCUT2D eigenvalue weighted by atomic mass is 10.0. The van der Waals surface area contributed by atoms with Gasteiger partial charge in [0.05, 0.1) is 12.7 Å². The predicted octanol–water partition coefficient (Wildman–Crippen LogP) is 1.46. The Morgan fingerprint density at radius 3 is 2.67 bits per heavy atom. The lowest BCUT2D eigenvalue weighted by molar-refractivity contribution is -0.0656. The molecule has 3 heteroatoms. The van der Waals surface area contributed by atoms with Crippen molar-refractivity contribution in [3.8, 4) is 0 Å². The van der Waals surface area contributed by atoms with Crippen LogP contribution in [0.15, 0.2) is 0 Å². The van der Waals surface area contributed by atoms with Gasteiger partial charge in [0, 0.05) is 18.6 Å². The highest BCUT2D eigenvalue weighted by Crippen LogP contribution is 2.17. The Balaban J connectivity index is 2.46. The van der Waals surface area contributed by atoms with Gasteiger partial charge in [-0.25, -0.2) is 4.39 Å². The Hall–Kier alpha value is -0.150. The third kappa shape index (κ3) is 2.42. The molecule has 0 spiro atoms. The van der Waals surface area contributed by atoms with E-state index in [4.69, 9.17) is 4.74 Å². The zero-order valence-electron chi connectivity index (χ0n) is 8.14. The molecule has 1 heterocycles. The molecule has 0 unspecified atom stereocenters. The molecule has 0 aliphatic carbocycles. The van der Waals surface area contributed by atoms with Crippen LogP contribution in [0.1, 0.15) is 20.8 Å². The number of alkyl halides is 1. The number of ether oxygens (including phenoxy) is 1. The van der Waals surface area contributed by atoms with Crippen LogP contribution in [-0.2, 0) is 4.74 Å². The second-order valence-corrected chi connectivity index (χ2v) is 4.26. The van der Waals surface area contributed by atoms with Gasteiger partial charge < -0.3 is 4.74 Å². The molecule has 0 aromatic rings. The maximum Gasteiger partial charge on any atom is 0.117 e. The average molecular weight is 175 g/mol. The Labute approximate surface area is 73.7 Å². The van der Waals surface area contributed by atoms with Gasteiger partial charge in [0.2, 0.25) is 0 Å². The van der Waals surface area contributed by atoms with Gasteiger partial charge in [-0.2, -0.15) is 0 Å². The third-order valence-electron chi connectivity index (χ3n) is 2.26. The summed E-state index contributed by atoms with van der Waals surface area (Å²) in [5.74, 6) is 0. The van der Waals surface area contributed by atoms with E-state index in [2.05, 4.69) is 25.7 Å². The van der Waals surface area contributed by atoms with Crippen molar-refractivity contribution < 1.29 is 9.13 Å². The predicted molar refractivity (Wildman–Crippen MR) is 47.0 cm³/mol. The molecule has 0 N–H and O–H groups in total. The second kappa shape index (κ2) is 3.71. The highest BCUT2D eigenvalue weighted by Gasteiger charge is 2.27. The number of halogens is 1. The van der Waals surface area contributed by atoms with Crippen LogP contribution in [0.4, 0.5) is 4.39 Å². The van der Waals surface area contributed by atoms with Crippen LogP contribution in [0.2, 0.25) is 0 Å². The Kier molecular flexibility index (Phi) is 3.07. The molecule has 1 aliphatic rings. The summed E-state index contributed by atoms with van der Waals surface area (Å²) in [7, 11) is 0. The quantitative estimate of drug-likeness (QED) is 0.598. The summed E-state index contributed by atoms with van der Waals surface area (Å²) < 4.78 is 17.5. The highest BCUT2D eigenvalue weighted by atomic mass is 19.1. The average Bonchev–Trinajstić information content (AvgIpc) is 2.03. The van der Waals surface area contributed by atoms with E-state index in [1.165, 1.54) is 0 Å². The Morgan fingerprint density at radius 2 is 2.17 bits per heavy atom. The van der Waals surface area contributed by atoms with Gasteiger partial charge in [0.25, 0.3) is 0 Å². The topological polar surface area (TPSA) is 12.5 Å². The molecule has 1 rings (SSSR count). The van der Waals surface area contributed by atoms with Gasteiger partial charge in [-0.1, -0.05) is 0 Å². The van der Waals surface area contributed by atoms with Gasteiger partial charge in [-0.15, -0.1) is 0 Å². The van der Waals surface area contributed by atoms with Crippen molar-refractivity contribution in [2.24, 2.45) is 0 Å². The van der Waals surface area contributed by atoms with E-state index in [1.807, 2.05) is 0 Å². The summed E-state index contributed by atoms with van der Waals surface area (Å²) in [4.78, 5) is 2.26. The van der Waals surface area contributed by atoms with Crippen LogP contribution >= 0.6 is 0 Å². The Morgan fingerprint density at radius 1 is 1.50 bits per heavy atom. The molecule has 1 fully saturated rings. The molecule has 0 saturated carbocycles. The minimum absolute atomic E-state index is 0.136. The molecule has 1 saturated heterocycles. The molecule has 12 heavy (non-hydrogen) atoms. The molecule has 0 amide bonds. The van der Waals surface area contributed by atoms with Crippen LogP contribution < -0.4 is 0 Å². The van der Waals surface area contributed by atoms with Crippen LogP contribution in [0.25, 0.3) is 0 Å². The van der Waals surface area contributed by atoms with Crippen molar-refractivity contribution in [3.63, 3.8) is 0 Å². The van der Waals surface area contributed by atoms with Crippen LogP contribution in [-0.4, -0.2) is 42.9 Å². The van der Waals surface area contributed by atoms with E-state index in [-0.39, 0.29) is 18.3 Å². The SMILES string of the molecule is CC(C)(C)N1CCO[C@H](CF)C1. The van der Waals surface area contributed by atoms with Crippen molar-refractivity contribution in [2.75, 3.05) is 26.4 Å². The molecule has 0 radical (unpaired) electrons. The molecular formula is C9H18FNO. The molecule has 0 bridgehead atoms. The Bertz CT molecular complexity index is 144. The maximum absolute atomic E-state index is 12.3. The minimum Gasteiger partial charge on any atom is -0.373 e. The highest BCUT2D eigenvalue weighted by molar-refractivity contribution is 4.81. The fourth-order valence-corrected chi connectivity index (χ4v) is 1.42. The standard InChI is InChI=1S/C9H18FNO/c1-9(2,3)11-4-5-12-8(6-10)7-11/h8H,4-7H2,1-3H3/t8-/m1/s1. The van der Waals surface area contributed by atoms with E-state index in [0.29, 0.717) is 6.61 Å². The van der Waals surface area contributed by atoms with Crippen molar-refractivity contribution in [2.45, 2.75) is 32.4 Å². The van der Waals surface area contributed by atoms with Gasteiger partial charge >= 0.3 is 0 Å². The van der Waals surface area contributed by atoms with Crippen molar-refractivity contribution in [1.29, 1.82) is 0 Å². The van der Waals surface area contributed by atoms with Crippen LogP contribution in [0, 0.1) is 0 Å². The van der Waals surface area contributed by atoms with Crippen molar-refractivity contribution in [3.05, 3.63) is 0 Å². The minimum atomic E-state index is -0.368. The molecular weight excluding hydrogens is 157 g/mol. The van der Waals surface area contributed by atoms with E-state index in [1.54, 1.807) is 0 Å². The summed E-state index contributed by atoms with van der Waals surface area (Å²) in [5, 5.41) is 0. The maximum atomic E-state index is 12.3. The summed E-state index contributed by atoms with van der Waals surface area (Å²) in [6, 6.07) is 0. The third-order valence-corrected chi connectivity index (χ3v) is 2.26. The number of hydrogen-bond acceptors (Lipinski definition) is 2. The zero-order chi connectivity index (χ0) is 9.19.